The maximum Gasteiger partial charge on any atom is 0.0738 e. The minimum atomic E-state index is 0.305. The van der Waals surface area contributed by atoms with Gasteiger partial charge in [-0.05, 0) is 53.5 Å². The van der Waals surface area contributed by atoms with E-state index in [-0.39, 0.29) is 0 Å². The highest BCUT2D eigenvalue weighted by molar-refractivity contribution is 9.10. The summed E-state index contributed by atoms with van der Waals surface area (Å²) in [6.07, 6.45) is 0.885. The SMILES string of the molecule is Cc1nn(C)c(CC(CN)c2ccc(Br)cc2)c1Br. The van der Waals surface area contributed by atoms with E-state index in [1.54, 1.807) is 0 Å². The summed E-state index contributed by atoms with van der Waals surface area (Å²) in [5.74, 6) is 0.305. The predicted octanol–water partition coefficient (Wildman–Crippen LogP) is 3.54. The third-order valence-electron chi connectivity index (χ3n) is 3.33. The molecule has 1 unspecified atom stereocenters. The highest BCUT2D eigenvalue weighted by atomic mass is 79.9. The molecule has 0 amide bonds. The van der Waals surface area contributed by atoms with Gasteiger partial charge in [-0.15, -0.1) is 0 Å². The van der Waals surface area contributed by atoms with Crippen LogP contribution in [0.3, 0.4) is 0 Å². The Hall–Kier alpha value is -0.650. The summed E-state index contributed by atoms with van der Waals surface area (Å²) in [6.45, 7) is 2.63. The number of rotatable bonds is 4. The van der Waals surface area contributed by atoms with Gasteiger partial charge in [0.1, 0.15) is 0 Å². The second kappa shape index (κ2) is 6.20. The Balaban J connectivity index is 2.26. The molecule has 0 bridgehead atoms. The first-order chi connectivity index (χ1) is 9.02. The summed E-state index contributed by atoms with van der Waals surface area (Å²) in [5, 5.41) is 4.43. The van der Waals surface area contributed by atoms with E-state index in [1.165, 1.54) is 11.3 Å². The maximum atomic E-state index is 5.94. The molecule has 3 nitrogen and oxygen atoms in total. The molecule has 2 rings (SSSR count). The minimum Gasteiger partial charge on any atom is -0.330 e. The maximum absolute atomic E-state index is 5.94. The fraction of sp³-hybridized carbons (Fsp3) is 0.357. The lowest BCUT2D eigenvalue weighted by atomic mass is 9.94. The molecular weight excluding hydrogens is 370 g/mol. The van der Waals surface area contributed by atoms with Crippen molar-refractivity contribution in [1.29, 1.82) is 0 Å². The van der Waals surface area contributed by atoms with Crippen molar-refractivity contribution in [3.63, 3.8) is 0 Å². The zero-order chi connectivity index (χ0) is 14.0. The van der Waals surface area contributed by atoms with Gasteiger partial charge in [-0.25, -0.2) is 0 Å². The smallest absolute Gasteiger partial charge is 0.0738 e. The summed E-state index contributed by atoms with van der Waals surface area (Å²) >= 11 is 7.07. The highest BCUT2D eigenvalue weighted by Gasteiger charge is 2.17. The quantitative estimate of drug-likeness (QED) is 0.873. The lowest BCUT2D eigenvalue weighted by molar-refractivity contribution is 0.627. The first-order valence-corrected chi connectivity index (χ1v) is 7.75. The van der Waals surface area contributed by atoms with Crippen molar-refractivity contribution in [2.45, 2.75) is 19.3 Å². The number of hydrogen-bond acceptors (Lipinski definition) is 2. The van der Waals surface area contributed by atoms with Crippen LogP contribution >= 0.6 is 31.9 Å². The molecule has 1 heterocycles. The Morgan fingerprint density at radius 1 is 1.26 bits per heavy atom. The van der Waals surface area contributed by atoms with Gasteiger partial charge in [0.05, 0.1) is 15.9 Å². The Morgan fingerprint density at radius 2 is 1.89 bits per heavy atom. The normalized spacial score (nSPS) is 12.7. The first kappa shape index (κ1) is 14.8. The van der Waals surface area contributed by atoms with Crippen LogP contribution in [0, 0.1) is 6.92 Å². The molecule has 1 aromatic heterocycles. The molecule has 1 aromatic carbocycles. The van der Waals surface area contributed by atoms with Gasteiger partial charge in [-0.1, -0.05) is 28.1 Å². The van der Waals surface area contributed by atoms with Gasteiger partial charge in [0.25, 0.3) is 0 Å². The lowest BCUT2D eigenvalue weighted by Crippen LogP contribution is -2.16. The second-order valence-electron chi connectivity index (χ2n) is 4.66. The van der Waals surface area contributed by atoms with Gasteiger partial charge in [-0.2, -0.15) is 5.10 Å². The number of nitrogens with zero attached hydrogens (tertiary/aromatic N) is 2. The molecule has 0 saturated carbocycles. The van der Waals surface area contributed by atoms with Crippen molar-refractivity contribution in [2.24, 2.45) is 12.8 Å². The number of nitrogens with two attached hydrogens (primary N) is 1. The molecule has 0 radical (unpaired) electrons. The van der Waals surface area contributed by atoms with E-state index in [1.807, 2.05) is 18.7 Å². The van der Waals surface area contributed by atoms with Crippen molar-refractivity contribution in [3.05, 3.63) is 50.2 Å². The molecule has 102 valence electrons. The number of aromatic nitrogens is 2. The van der Waals surface area contributed by atoms with Gasteiger partial charge in [-0.3, -0.25) is 4.68 Å². The molecule has 19 heavy (non-hydrogen) atoms. The summed E-state index contributed by atoms with van der Waals surface area (Å²) < 4.78 is 4.11. The van der Waals surface area contributed by atoms with E-state index in [2.05, 4.69) is 61.2 Å². The largest absolute Gasteiger partial charge is 0.330 e. The van der Waals surface area contributed by atoms with E-state index in [9.17, 15) is 0 Å². The van der Waals surface area contributed by atoms with Gasteiger partial charge >= 0.3 is 0 Å². The average molecular weight is 387 g/mol. The van der Waals surface area contributed by atoms with E-state index in [0.717, 1.165) is 21.1 Å². The number of halogens is 2. The molecule has 2 N–H and O–H groups in total. The number of aryl methyl sites for hydroxylation is 2. The predicted molar refractivity (Wildman–Crippen MR) is 85.3 cm³/mol. The van der Waals surface area contributed by atoms with Crippen LogP contribution < -0.4 is 5.73 Å². The first-order valence-electron chi connectivity index (χ1n) is 6.16. The molecule has 2 aromatic rings. The van der Waals surface area contributed by atoms with E-state index >= 15 is 0 Å². The topological polar surface area (TPSA) is 43.8 Å². The van der Waals surface area contributed by atoms with Crippen molar-refractivity contribution in [1.82, 2.24) is 9.78 Å². The van der Waals surface area contributed by atoms with E-state index in [0.29, 0.717) is 12.5 Å². The Labute approximate surface area is 130 Å². The Kier molecular flexibility index (Phi) is 4.81. The van der Waals surface area contributed by atoms with Crippen LogP contribution in [0.2, 0.25) is 0 Å². The van der Waals surface area contributed by atoms with Gasteiger partial charge in [0.15, 0.2) is 0 Å². The van der Waals surface area contributed by atoms with Crippen molar-refractivity contribution in [2.75, 3.05) is 6.54 Å². The summed E-state index contributed by atoms with van der Waals surface area (Å²) in [7, 11) is 1.97. The molecule has 0 aliphatic carbocycles. The second-order valence-corrected chi connectivity index (χ2v) is 6.37. The van der Waals surface area contributed by atoms with Crippen LogP contribution in [0.1, 0.15) is 22.9 Å². The standard InChI is InChI=1S/C14H17Br2N3/c1-9-14(16)13(19(2)18-9)7-11(8-17)10-3-5-12(15)6-4-10/h3-6,11H,7-8,17H2,1-2H3. The van der Waals surface area contributed by atoms with Crippen LogP contribution in [0.4, 0.5) is 0 Å². The van der Waals surface area contributed by atoms with E-state index in [4.69, 9.17) is 5.73 Å². The van der Waals surface area contributed by atoms with Crippen LogP contribution in [0.15, 0.2) is 33.2 Å². The Morgan fingerprint density at radius 3 is 2.37 bits per heavy atom. The van der Waals surface area contributed by atoms with Crippen LogP contribution in [0.5, 0.6) is 0 Å². The summed E-state index contributed by atoms with van der Waals surface area (Å²) in [4.78, 5) is 0. The molecule has 0 fully saturated rings. The zero-order valence-corrected chi connectivity index (χ0v) is 14.2. The fourth-order valence-electron chi connectivity index (χ4n) is 2.21. The van der Waals surface area contributed by atoms with Gasteiger partial charge in [0.2, 0.25) is 0 Å². The minimum absolute atomic E-state index is 0.305. The number of hydrogen-bond donors (Lipinski definition) is 1. The molecule has 0 aliphatic heterocycles. The molecule has 0 saturated heterocycles. The lowest BCUT2D eigenvalue weighted by Gasteiger charge is -2.16. The zero-order valence-electron chi connectivity index (χ0n) is 11.0. The molecular formula is C14H17Br2N3. The molecule has 5 heteroatoms. The fourth-order valence-corrected chi connectivity index (χ4v) is 2.97. The summed E-state index contributed by atoms with van der Waals surface area (Å²) in [6, 6.07) is 8.36. The third-order valence-corrected chi connectivity index (χ3v) is 4.89. The van der Waals surface area contributed by atoms with Gasteiger partial charge < -0.3 is 5.73 Å². The third kappa shape index (κ3) is 3.27. The van der Waals surface area contributed by atoms with E-state index < -0.39 is 0 Å². The molecule has 0 aliphatic rings. The van der Waals surface area contributed by atoms with Crippen LogP contribution in [0.25, 0.3) is 0 Å². The monoisotopic (exact) mass is 385 g/mol. The van der Waals surface area contributed by atoms with Crippen molar-refractivity contribution >= 4 is 31.9 Å². The molecule has 0 spiro atoms. The number of benzene rings is 1. The van der Waals surface area contributed by atoms with Crippen LogP contribution in [-0.4, -0.2) is 16.3 Å². The highest BCUT2D eigenvalue weighted by Crippen LogP contribution is 2.27. The van der Waals surface area contributed by atoms with Gasteiger partial charge in [0, 0.05) is 17.4 Å². The molecule has 1 atom stereocenters. The van der Waals surface area contributed by atoms with Crippen LogP contribution in [-0.2, 0) is 13.5 Å². The Bertz CT molecular complexity index is 561. The summed E-state index contributed by atoms with van der Waals surface area (Å²) in [5.41, 5.74) is 9.41. The van der Waals surface area contributed by atoms with Crippen molar-refractivity contribution in [3.8, 4) is 0 Å². The average Bonchev–Trinajstić information content (AvgIpc) is 2.63. The van der Waals surface area contributed by atoms with Crippen molar-refractivity contribution < 1.29 is 0 Å².